The molecule has 0 aliphatic carbocycles. The predicted molar refractivity (Wildman–Crippen MR) is 84.4 cm³/mol. The lowest BCUT2D eigenvalue weighted by Gasteiger charge is -2.33. The summed E-state index contributed by atoms with van der Waals surface area (Å²) in [7, 11) is -2.06. The van der Waals surface area contributed by atoms with Gasteiger partial charge in [0, 0.05) is 13.5 Å². The number of hydroxylamine groups is 2. The molecule has 1 unspecified atom stereocenters. The SMILES string of the molecule is C=C1CC(c2ccccc2)(S(=O)(=O)c2ccccc2)N(C)O1. The largest absolute Gasteiger partial charge is 0.409 e. The Morgan fingerprint density at radius 2 is 1.59 bits per heavy atom. The third-order valence-electron chi connectivity index (χ3n) is 3.93. The van der Waals surface area contributed by atoms with E-state index in [2.05, 4.69) is 6.58 Å². The fraction of sp³-hybridized carbons (Fsp3) is 0.176. The molecule has 1 saturated heterocycles. The normalized spacial score (nSPS) is 22.5. The maximum absolute atomic E-state index is 13.4. The molecular formula is C17H17NO3S. The van der Waals surface area contributed by atoms with Gasteiger partial charge < -0.3 is 4.84 Å². The van der Waals surface area contributed by atoms with Crippen molar-refractivity contribution in [3.8, 4) is 0 Å². The second kappa shape index (κ2) is 5.26. The molecule has 1 fully saturated rings. The van der Waals surface area contributed by atoms with Gasteiger partial charge in [-0.05, 0) is 17.7 Å². The van der Waals surface area contributed by atoms with Crippen molar-refractivity contribution in [2.24, 2.45) is 0 Å². The average molecular weight is 315 g/mol. The minimum Gasteiger partial charge on any atom is -0.409 e. The van der Waals surface area contributed by atoms with Crippen molar-refractivity contribution in [3.63, 3.8) is 0 Å². The number of sulfone groups is 1. The molecule has 0 aromatic heterocycles. The van der Waals surface area contributed by atoms with Crippen LogP contribution < -0.4 is 0 Å². The number of benzene rings is 2. The Bertz CT molecular complexity index is 787. The molecule has 2 aromatic carbocycles. The summed E-state index contributed by atoms with van der Waals surface area (Å²) in [4.78, 5) is 4.47. The fourth-order valence-electron chi connectivity index (χ4n) is 2.87. The molecule has 3 rings (SSSR count). The predicted octanol–water partition coefficient (Wildman–Crippen LogP) is 3.09. The summed E-state index contributed by atoms with van der Waals surface area (Å²) in [5, 5.41) is 1.40. The van der Waals surface area contributed by atoms with Crippen LogP contribution in [-0.2, 0) is 19.5 Å². The highest BCUT2D eigenvalue weighted by atomic mass is 32.2. The Morgan fingerprint density at radius 3 is 2.09 bits per heavy atom. The third-order valence-corrected chi connectivity index (χ3v) is 6.35. The highest BCUT2D eigenvalue weighted by molar-refractivity contribution is 7.92. The monoisotopic (exact) mass is 315 g/mol. The molecule has 0 saturated carbocycles. The molecule has 1 atom stereocenters. The standard InChI is InChI=1S/C17H17NO3S/c1-14-13-17(18(2)21-14,15-9-5-3-6-10-15)22(19,20)16-11-7-4-8-12-16/h3-12H,1,13H2,2H3. The van der Waals surface area contributed by atoms with Crippen molar-refractivity contribution in [3.05, 3.63) is 78.6 Å². The fourth-order valence-corrected chi connectivity index (χ4v) is 4.95. The number of nitrogens with zero attached hydrogens (tertiary/aromatic N) is 1. The highest BCUT2D eigenvalue weighted by Gasteiger charge is 2.55. The van der Waals surface area contributed by atoms with E-state index in [1.165, 1.54) is 5.06 Å². The number of hydrogen-bond acceptors (Lipinski definition) is 4. The van der Waals surface area contributed by atoms with Gasteiger partial charge in [0.05, 0.1) is 4.90 Å². The maximum atomic E-state index is 13.4. The first-order valence-electron chi connectivity index (χ1n) is 6.93. The van der Waals surface area contributed by atoms with Gasteiger partial charge in [0.25, 0.3) is 0 Å². The van der Waals surface area contributed by atoms with Gasteiger partial charge in [-0.15, -0.1) is 5.06 Å². The van der Waals surface area contributed by atoms with Crippen LogP contribution in [0.4, 0.5) is 0 Å². The summed E-state index contributed by atoms with van der Waals surface area (Å²) in [6, 6.07) is 17.6. The second-order valence-corrected chi connectivity index (χ2v) is 7.42. The van der Waals surface area contributed by atoms with Crippen LogP contribution in [0.1, 0.15) is 12.0 Å². The molecular weight excluding hydrogens is 298 g/mol. The van der Waals surface area contributed by atoms with Gasteiger partial charge in [-0.2, -0.15) is 0 Å². The highest BCUT2D eigenvalue weighted by Crippen LogP contribution is 2.47. The van der Waals surface area contributed by atoms with Crippen molar-refractivity contribution in [2.45, 2.75) is 16.2 Å². The molecule has 2 aromatic rings. The van der Waals surface area contributed by atoms with E-state index in [4.69, 9.17) is 4.84 Å². The Hall–Kier alpha value is -2.11. The van der Waals surface area contributed by atoms with Gasteiger partial charge in [0.15, 0.2) is 4.87 Å². The Morgan fingerprint density at radius 1 is 1.05 bits per heavy atom. The van der Waals surface area contributed by atoms with E-state index in [9.17, 15) is 8.42 Å². The van der Waals surface area contributed by atoms with E-state index in [1.807, 2.05) is 18.2 Å². The Balaban J connectivity index is 2.26. The lowest BCUT2D eigenvalue weighted by atomic mass is 10.0. The zero-order chi connectivity index (χ0) is 15.8. The van der Waals surface area contributed by atoms with Crippen LogP contribution in [0.5, 0.6) is 0 Å². The second-order valence-electron chi connectivity index (χ2n) is 5.27. The summed E-state index contributed by atoms with van der Waals surface area (Å²) in [5.74, 6) is 0.436. The Kier molecular flexibility index (Phi) is 3.54. The summed E-state index contributed by atoms with van der Waals surface area (Å²) < 4.78 is 26.7. The van der Waals surface area contributed by atoms with Crippen molar-refractivity contribution in [1.29, 1.82) is 0 Å². The van der Waals surface area contributed by atoms with E-state index < -0.39 is 14.7 Å². The van der Waals surface area contributed by atoms with E-state index in [-0.39, 0.29) is 11.3 Å². The maximum Gasteiger partial charge on any atom is 0.205 e. The van der Waals surface area contributed by atoms with E-state index in [0.717, 1.165) is 0 Å². The lowest BCUT2D eigenvalue weighted by Crippen LogP contribution is -2.45. The molecule has 0 N–H and O–H groups in total. The van der Waals surface area contributed by atoms with Crippen molar-refractivity contribution in [1.82, 2.24) is 5.06 Å². The zero-order valence-electron chi connectivity index (χ0n) is 12.3. The van der Waals surface area contributed by atoms with Gasteiger partial charge in [-0.1, -0.05) is 55.1 Å². The molecule has 5 heteroatoms. The van der Waals surface area contributed by atoms with Crippen LogP contribution >= 0.6 is 0 Å². The smallest absolute Gasteiger partial charge is 0.205 e. The molecule has 114 valence electrons. The first-order valence-corrected chi connectivity index (χ1v) is 8.41. The van der Waals surface area contributed by atoms with E-state index in [0.29, 0.717) is 11.3 Å². The van der Waals surface area contributed by atoms with Crippen molar-refractivity contribution < 1.29 is 13.3 Å². The van der Waals surface area contributed by atoms with Gasteiger partial charge in [0.2, 0.25) is 9.84 Å². The van der Waals surface area contributed by atoms with Crippen LogP contribution in [0.3, 0.4) is 0 Å². The van der Waals surface area contributed by atoms with Crippen LogP contribution in [0.25, 0.3) is 0 Å². The third kappa shape index (κ3) is 2.05. The summed E-state index contributed by atoms with van der Waals surface area (Å²) >= 11 is 0. The number of rotatable bonds is 3. The molecule has 0 spiro atoms. The number of hydrogen-bond donors (Lipinski definition) is 0. The first kappa shape index (κ1) is 14.8. The molecule has 0 radical (unpaired) electrons. The van der Waals surface area contributed by atoms with Crippen LogP contribution in [0.15, 0.2) is 77.9 Å². The molecule has 1 aliphatic heterocycles. The molecule has 4 nitrogen and oxygen atoms in total. The summed E-state index contributed by atoms with van der Waals surface area (Å²) in [5.41, 5.74) is 0.667. The van der Waals surface area contributed by atoms with Crippen molar-refractivity contribution >= 4 is 9.84 Å². The topological polar surface area (TPSA) is 46.6 Å². The molecule has 22 heavy (non-hydrogen) atoms. The van der Waals surface area contributed by atoms with E-state index in [1.54, 1.807) is 49.5 Å². The van der Waals surface area contributed by atoms with Crippen molar-refractivity contribution in [2.75, 3.05) is 7.05 Å². The van der Waals surface area contributed by atoms with Gasteiger partial charge in [-0.25, -0.2) is 8.42 Å². The van der Waals surface area contributed by atoms with Gasteiger partial charge in [-0.3, -0.25) is 0 Å². The van der Waals surface area contributed by atoms with Crippen LogP contribution in [0.2, 0.25) is 0 Å². The Labute approximate surface area is 130 Å². The molecule has 0 amide bonds. The molecule has 0 bridgehead atoms. The van der Waals surface area contributed by atoms with Gasteiger partial charge in [0.1, 0.15) is 5.76 Å². The van der Waals surface area contributed by atoms with E-state index >= 15 is 0 Å². The van der Waals surface area contributed by atoms with Crippen LogP contribution in [0, 0.1) is 0 Å². The summed E-state index contributed by atoms with van der Waals surface area (Å²) in [6.07, 6.45) is 0.199. The van der Waals surface area contributed by atoms with Crippen LogP contribution in [-0.4, -0.2) is 20.5 Å². The average Bonchev–Trinajstić information content (AvgIpc) is 2.85. The molecule has 1 aliphatic rings. The minimum atomic E-state index is -3.70. The van der Waals surface area contributed by atoms with Gasteiger partial charge >= 0.3 is 0 Å². The quantitative estimate of drug-likeness (QED) is 0.873. The minimum absolute atomic E-state index is 0.199. The first-order chi connectivity index (χ1) is 10.5. The molecule has 1 heterocycles. The zero-order valence-corrected chi connectivity index (χ0v) is 13.1. The summed E-state index contributed by atoms with van der Waals surface area (Å²) in [6.45, 7) is 3.80. The lowest BCUT2D eigenvalue weighted by molar-refractivity contribution is -0.0962.